The highest BCUT2D eigenvalue weighted by Crippen LogP contribution is 2.28. The average Bonchev–Trinajstić information content (AvgIpc) is 2.74. The minimum absolute atomic E-state index is 0.127. The Morgan fingerprint density at radius 3 is 2.33 bits per heavy atom. The van der Waals surface area contributed by atoms with Crippen molar-refractivity contribution < 1.29 is 14.3 Å². The van der Waals surface area contributed by atoms with E-state index in [9.17, 15) is 9.59 Å². The van der Waals surface area contributed by atoms with Crippen LogP contribution in [0.2, 0.25) is 10.0 Å². The fourth-order valence-electron chi connectivity index (χ4n) is 2.83. The molecule has 5 nitrogen and oxygen atoms in total. The molecule has 0 radical (unpaired) electrons. The number of carbonyl (C=O) groups excluding carboxylic acids is 2. The van der Waals surface area contributed by atoms with Crippen molar-refractivity contribution in [1.82, 2.24) is 10.2 Å². The summed E-state index contributed by atoms with van der Waals surface area (Å²) in [5.41, 5.74) is 1.72. The second-order valence-corrected chi connectivity index (χ2v) is 8.43. The highest BCUT2D eigenvalue weighted by Gasteiger charge is 2.25. The topological polar surface area (TPSA) is 58.6 Å². The fraction of sp³-hybridized carbons (Fsp3) is 0.364. The molecule has 2 rings (SSSR count). The Hall–Kier alpha value is -1.89. The number of benzene rings is 2. The Morgan fingerprint density at radius 2 is 1.77 bits per heavy atom. The molecule has 0 fully saturated rings. The van der Waals surface area contributed by atoms with Crippen molar-refractivity contribution in [3.05, 3.63) is 63.6 Å². The van der Waals surface area contributed by atoms with Crippen molar-refractivity contribution in [2.75, 3.05) is 19.4 Å². The molecule has 0 aliphatic rings. The van der Waals surface area contributed by atoms with Gasteiger partial charge in [-0.3, -0.25) is 9.59 Å². The molecular formula is C22H26Cl2N2O3S. The maximum atomic E-state index is 13.0. The summed E-state index contributed by atoms with van der Waals surface area (Å²) in [6.07, 6.45) is 0. The van der Waals surface area contributed by atoms with Crippen LogP contribution in [0.1, 0.15) is 25.0 Å². The van der Waals surface area contributed by atoms with Gasteiger partial charge in [-0.2, -0.15) is 0 Å². The van der Waals surface area contributed by atoms with Crippen molar-refractivity contribution in [3.63, 3.8) is 0 Å². The molecule has 0 heterocycles. The number of nitrogens with zero attached hydrogens (tertiary/aromatic N) is 1. The second kappa shape index (κ2) is 12.1. The minimum Gasteiger partial charge on any atom is -0.497 e. The van der Waals surface area contributed by atoms with Crippen LogP contribution < -0.4 is 10.1 Å². The maximum absolute atomic E-state index is 13.0. The zero-order valence-corrected chi connectivity index (χ0v) is 19.6. The number of hydrogen-bond donors (Lipinski definition) is 1. The van der Waals surface area contributed by atoms with Gasteiger partial charge in [-0.15, -0.1) is 11.8 Å². The van der Waals surface area contributed by atoms with Gasteiger partial charge >= 0.3 is 0 Å². The number of thioether (sulfide) groups is 1. The summed E-state index contributed by atoms with van der Waals surface area (Å²) in [6, 6.07) is 12.2. The number of carbonyl (C=O) groups is 2. The predicted molar refractivity (Wildman–Crippen MR) is 124 cm³/mol. The highest BCUT2D eigenvalue weighted by atomic mass is 35.5. The Morgan fingerprint density at radius 1 is 1.13 bits per heavy atom. The lowest BCUT2D eigenvalue weighted by atomic mass is 10.1. The SMILES string of the molecule is CCNC(=O)C(C)N(Cc1ccc(OC)cc1)C(=O)CSCc1c(Cl)cccc1Cl. The maximum Gasteiger partial charge on any atom is 0.242 e. The zero-order chi connectivity index (χ0) is 22.1. The van der Waals surface area contributed by atoms with E-state index in [2.05, 4.69) is 5.32 Å². The first-order valence-electron chi connectivity index (χ1n) is 9.58. The van der Waals surface area contributed by atoms with Gasteiger partial charge in [0.2, 0.25) is 11.8 Å². The first-order chi connectivity index (χ1) is 14.4. The lowest BCUT2D eigenvalue weighted by Gasteiger charge is -2.28. The van der Waals surface area contributed by atoms with Crippen LogP contribution in [0.25, 0.3) is 0 Å². The number of rotatable bonds is 10. The minimum atomic E-state index is -0.593. The van der Waals surface area contributed by atoms with E-state index in [1.54, 1.807) is 37.1 Å². The summed E-state index contributed by atoms with van der Waals surface area (Å²) in [5.74, 6) is 1.15. The van der Waals surface area contributed by atoms with Gasteiger partial charge in [0.25, 0.3) is 0 Å². The largest absolute Gasteiger partial charge is 0.497 e. The number of halogens is 2. The number of ether oxygens (including phenoxy) is 1. The molecule has 0 saturated heterocycles. The zero-order valence-electron chi connectivity index (χ0n) is 17.3. The van der Waals surface area contributed by atoms with E-state index >= 15 is 0 Å². The van der Waals surface area contributed by atoms with Gasteiger partial charge in [-0.25, -0.2) is 0 Å². The quantitative estimate of drug-likeness (QED) is 0.544. The second-order valence-electron chi connectivity index (χ2n) is 6.63. The number of hydrogen-bond acceptors (Lipinski definition) is 4. The van der Waals surface area contributed by atoms with Gasteiger partial charge in [-0.05, 0) is 49.2 Å². The summed E-state index contributed by atoms with van der Waals surface area (Å²) in [4.78, 5) is 27.0. The van der Waals surface area contributed by atoms with Crippen molar-refractivity contribution in [2.24, 2.45) is 0 Å². The summed E-state index contributed by atoms with van der Waals surface area (Å²) < 4.78 is 5.18. The van der Waals surface area contributed by atoms with Crippen LogP contribution in [-0.4, -0.2) is 42.2 Å². The van der Waals surface area contributed by atoms with Crippen molar-refractivity contribution in [3.8, 4) is 5.75 Å². The van der Waals surface area contributed by atoms with Crippen LogP contribution >= 0.6 is 35.0 Å². The van der Waals surface area contributed by atoms with E-state index in [0.29, 0.717) is 28.9 Å². The molecule has 0 bridgehead atoms. The summed E-state index contributed by atoms with van der Waals surface area (Å²) in [6.45, 7) is 4.42. The molecule has 2 aromatic rings. The Balaban J connectivity index is 2.09. The van der Waals surface area contributed by atoms with E-state index in [1.807, 2.05) is 31.2 Å². The van der Waals surface area contributed by atoms with Crippen LogP contribution in [0.3, 0.4) is 0 Å². The van der Waals surface area contributed by atoms with E-state index < -0.39 is 6.04 Å². The van der Waals surface area contributed by atoms with Crippen molar-refractivity contribution in [1.29, 1.82) is 0 Å². The van der Waals surface area contributed by atoms with Crippen molar-refractivity contribution >= 4 is 46.8 Å². The molecule has 0 aromatic heterocycles. The molecular weight excluding hydrogens is 443 g/mol. The van der Waals surface area contributed by atoms with E-state index in [4.69, 9.17) is 27.9 Å². The molecule has 1 N–H and O–H groups in total. The molecule has 30 heavy (non-hydrogen) atoms. The Labute approximate surface area is 192 Å². The molecule has 0 spiro atoms. The molecule has 0 aliphatic heterocycles. The Bertz CT molecular complexity index is 842. The third-order valence-electron chi connectivity index (χ3n) is 4.56. The monoisotopic (exact) mass is 468 g/mol. The first kappa shape index (κ1) is 24.4. The number of amides is 2. The van der Waals surface area contributed by atoms with Crippen LogP contribution in [0, 0.1) is 0 Å². The number of likely N-dealkylation sites (N-methyl/N-ethyl adjacent to an activating group) is 1. The lowest BCUT2D eigenvalue weighted by Crippen LogP contribution is -2.48. The first-order valence-corrected chi connectivity index (χ1v) is 11.5. The summed E-state index contributed by atoms with van der Waals surface area (Å²) in [7, 11) is 1.60. The Kier molecular flexibility index (Phi) is 9.82. The predicted octanol–water partition coefficient (Wildman–Crippen LogP) is 4.79. The molecule has 2 aromatic carbocycles. The smallest absolute Gasteiger partial charge is 0.242 e. The molecule has 0 aliphatic carbocycles. The number of nitrogens with one attached hydrogen (secondary N) is 1. The van der Waals surface area contributed by atoms with E-state index in [0.717, 1.165) is 16.9 Å². The lowest BCUT2D eigenvalue weighted by molar-refractivity contribution is -0.138. The van der Waals surface area contributed by atoms with Crippen LogP contribution in [0.5, 0.6) is 5.75 Å². The molecule has 2 amide bonds. The fourth-order valence-corrected chi connectivity index (χ4v) is 4.47. The summed E-state index contributed by atoms with van der Waals surface area (Å²) in [5, 5.41) is 3.94. The van der Waals surface area contributed by atoms with Gasteiger partial charge in [-0.1, -0.05) is 41.4 Å². The van der Waals surface area contributed by atoms with Gasteiger partial charge in [0.05, 0.1) is 12.9 Å². The molecule has 1 atom stereocenters. The molecule has 162 valence electrons. The van der Waals surface area contributed by atoms with Crippen molar-refractivity contribution in [2.45, 2.75) is 32.2 Å². The van der Waals surface area contributed by atoms with E-state index in [-0.39, 0.29) is 17.6 Å². The van der Waals surface area contributed by atoms with E-state index in [1.165, 1.54) is 11.8 Å². The van der Waals surface area contributed by atoms with Gasteiger partial charge in [0.1, 0.15) is 11.8 Å². The molecule has 1 unspecified atom stereocenters. The standard InChI is InChI=1S/C22H26Cl2N2O3S/c1-4-25-22(28)15(2)26(12-16-8-10-17(29-3)11-9-16)21(27)14-30-13-18-19(23)6-5-7-20(18)24/h5-11,15H,4,12-14H2,1-3H3,(H,25,28). The van der Waals surface area contributed by atoms with Gasteiger partial charge < -0.3 is 15.0 Å². The van der Waals surface area contributed by atoms with Crippen LogP contribution in [0.15, 0.2) is 42.5 Å². The number of methoxy groups -OCH3 is 1. The molecule has 8 heteroatoms. The van der Waals surface area contributed by atoms with Crippen LogP contribution in [-0.2, 0) is 21.9 Å². The third kappa shape index (κ3) is 6.83. The van der Waals surface area contributed by atoms with Gasteiger partial charge in [0.15, 0.2) is 0 Å². The van der Waals surface area contributed by atoms with Crippen LogP contribution in [0.4, 0.5) is 0 Å². The average molecular weight is 469 g/mol. The normalized spacial score (nSPS) is 11.6. The van der Waals surface area contributed by atoms with Gasteiger partial charge in [0, 0.05) is 28.9 Å². The highest BCUT2D eigenvalue weighted by molar-refractivity contribution is 7.99. The molecule has 0 saturated carbocycles. The third-order valence-corrected chi connectivity index (χ3v) is 6.22. The summed E-state index contributed by atoms with van der Waals surface area (Å²) >= 11 is 13.8.